The van der Waals surface area contributed by atoms with Gasteiger partial charge in [0.2, 0.25) is 0 Å². The smallest absolute Gasteiger partial charge is 0.266 e. The first kappa shape index (κ1) is 12.3. The van der Waals surface area contributed by atoms with Crippen LogP contribution in [0.5, 0.6) is 0 Å². The average Bonchev–Trinajstić information content (AvgIpc) is 2.33. The van der Waals surface area contributed by atoms with Crippen LogP contribution in [-0.2, 0) is 10.0 Å². The molecular formula is C11H10FN3O2S. The Morgan fingerprint density at radius 2 is 2.00 bits per heavy atom. The Labute approximate surface area is 104 Å². The van der Waals surface area contributed by atoms with Crippen molar-refractivity contribution >= 4 is 21.5 Å². The van der Waals surface area contributed by atoms with E-state index in [1.807, 2.05) is 0 Å². The van der Waals surface area contributed by atoms with E-state index < -0.39 is 20.7 Å². The summed E-state index contributed by atoms with van der Waals surface area (Å²) >= 11 is 0. The molecule has 0 aliphatic carbocycles. The number of benzene rings is 1. The van der Waals surface area contributed by atoms with E-state index in [2.05, 4.69) is 9.71 Å². The van der Waals surface area contributed by atoms with Gasteiger partial charge < -0.3 is 5.73 Å². The fraction of sp³-hybridized carbons (Fsp3) is 0. The molecule has 0 spiro atoms. The maximum Gasteiger partial charge on any atom is 0.266 e. The lowest BCUT2D eigenvalue weighted by molar-refractivity contribution is 0.570. The molecule has 1 heterocycles. The lowest BCUT2D eigenvalue weighted by Gasteiger charge is -2.08. The second kappa shape index (κ2) is 4.61. The van der Waals surface area contributed by atoms with Crippen molar-refractivity contribution in [1.29, 1.82) is 0 Å². The lowest BCUT2D eigenvalue weighted by Crippen LogP contribution is -2.15. The van der Waals surface area contributed by atoms with Crippen molar-refractivity contribution in [2.75, 3.05) is 10.5 Å². The molecule has 18 heavy (non-hydrogen) atoms. The summed E-state index contributed by atoms with van der Waals surface area (Å²) in [5.74, 6) is -0.757. The first-order valence-corrected chi connectivity index (χ1v) is 6.46. The minimum atomic E-state index is -4.03. The minimum absolute atomic E-state index is 0.110. The first-order valence-electron chi connectivity index (χ1n) is 4.98. The van der Waals surface area contributed by atoms with Gasteiger partial charge in [-0.1, -0.05) is 6.07 Å². The number of nitrogens with one attached hydrogen (secondary N) is 1. The lowest BCUT2D eigenvalue weighted by atomic mass is 10.3. The van der Waals surface area contributed by atoms with E-state index >= 15 is 0 Å². The van der Waals surface area contributed by atoms with Gasteiger partial charge in [-0.3, -0.25) is 4.72 Å². The number of nitrogens with zero attached hydrogens (tertiary/aromatic N) is 1. The summed E-state index contributed by atoms with van der Waals surface area (Å²) in [6.45, 7) is 0. The molecule has 1 aromatic carbocycles. The Morgan fingerprint density at radius 3 is 2.67 bits per heavy atom. The van der Waals surface area contributed by atoms with E-state index in [9.17, 15) is 12.8 Å². The largest absolute Gasteiger partial charge is 0.399 e. The Kier molecular flexibility index (Phi) is 3.15. The molecule has 3 N–H and O–H groups in total. The normalized spacial score (nSPS) is 11.2. The van der Waals surface area contributed by atoms with Crippen LogP contribution < -0.4 is 10.5 Å². The SMILES string of the molecule is Nc1ccc(F)c(S(=O)(=O)Nc2ccccn2)c1. The second-order valence-corrected chi connectivity index (χ2v) is 5.16. The highest BCUT2D eigenvalue weighted by Crippen LogP contribution is 2.20. The summed E-state index contributed by atoms with van der Waals surface area (Å²) < 4.78 is 39.5. The van der Waals surface area contributed by atoms with Gasteiger partial charge in [0.15, 0.2) is 0 Å². The highest BCUT2D eigenvalue weighted by molar-refractivity contribution is 7.92. The van der Waals surface area contributed by atoms with Gasteiger partial charge in [0.05, 0.1) is 0 Å². The zero-order chi connectivity index (χ0) is 13.2. The number of halogens is 1. The van der Waals surface area contributed by atoms with Crippen molar-refractivity contribution in [3.8, 4) is 0 Å². The molecule has 0 saturated heterocycles. The van der Waals surface area contributed by atoms with Crippen LogP contribution in [0.1, 0.15) is 0 Å². The zero-order valence-corrected chi connectivity index (χ0v) is 9.99. The van der Waals surface area contributed by atoms with Crippen molar-refractivity contribution < 1.29 is 12.8 Å². The zero-order valence-electron chi connectivity index (χ0n) is 9.17. The molecule has 0 atom stereocenters. The third-order valence-corrected chi connectivity index (χ3v) is 3.52. The van der Waals surface area contributed by atoms with Crippen molar-refractivity contribution in [2.45, 2.75) is 4.90 Å². The third kappa shape index (κ3) is 2.57. The molecule has 94 valence electrons. The van der Waals surface area contributed by atoms with Gasteiger partial charge in [0.25, 0.3) is 10.0 Å². The Balaban J connectivity index is 2.40. The van der Waals surface area contributed by atoms with Gasteiger partial charge in [-0.2, -0.15) is 0 Å². The summed E-state index contributed by atoms with van der Waals surface area (Å²) in [6, 6.07) is 8.05. The second-order valence-electron chi connectivity index (χ2n) is 3.51. The summed E-state index contributed by atoms with van der Waals surface area (Å²) in [5.41, 5.74) is 5.61. The Morgan fingerprint density at radius 1 is 1.22 bits per heavy atom. The van der Waals surface area contributed by atoms with Gasteiger partial charge in [-0.05, 0) is 30.3 Å². The van der Waals surface area contributed by atoms with Crippen LogP contribution in [0.3, 0.4) is 0 Å². The summed E-state index contributed by atoms with van der Waals surface area (Å²) in [4.78, 5) is 3.29. The van der Waals surface area contributed by atoms with Gasteiger partial charge in [0.1, 0.15) is 16.5 Å². The number of rotatable bonds is 3. The summed E-state index contributed by atoms with van der Waals surface area (Å²) in [7, 11) is -4.03. The standard InChI is InChI=1S/C11H10FN3O2S/c12-9-5-4-8(13)7-10(9)18(16,17)15-11-3-1-2-6-14-11/h1-7H,13H2,(H,14,15). The van der Waals surface area contributed by atoms with Crippen molar-refractivity contribution in [1.82, 2.24) is 4.98 Å². The predicted octanol–water partition coefficient (Wildman–Crippen LogP) is 1.60. The maximum atomic E-state index is 13.5. The number of nitrogens with two attached hydrogens (primary N) is 1. The molecular weight excluding hydrogens is 257 g/mol. The van der Waals surface area contributed by atoms with E-state index in [0.29, 0.717) is 0 Å². The fourth-order valence-electron chi connectivity index (χ4n) is 1.34. The molecule has 0 radical (unpaired) electrons. The number of pyridine rings is 1. The first-order chi connectivity index (χ1) is 8.49. The van der Waals surface area contributed by atoms with Gasteiger partial charge in [-0.25, -0.2) is 17.8 Å². The van der Waals surface area contributed by atoms with Crippen LogP contribution in [0, 0.1) is 5.82 Å². The van der Waals surface area contributed by atoms with E-state index in [-0.39, 0.29) is 11.5 Å². The van der Waals surface area contributed by atoms with Gasteiger partial charge >= 0.3 is 0 Å². The van der Waals surface area contributed by atoms with E-state index in [1.54, 1.807) is 12.1 Å². The maximum absolute atomic E-state index is 13.5. The van der Waals surface area contributed by atoms with Crippen LogP contribution in [0.4, 0.5) is 15.9 Å². The van der Waals surface area contributed by atoms with Crippen molar-refractivity contribution in [2.24, 2.45) is 0 Å². The molecule has 0 aliphatic rings. The summed E-state index contributed by atoms with van der Waals surface area (Å²) in [5, 5.41) is 0. The molecule has 0 saturated carbocycles. The Bertz CT molecular complexity index is 659. The summed E-state index contributed by atoms with van der Waals surface area (Å²) in [6.07, 6.45) is 1.42. The molecule has 2 aromatic rings. The molecule has 0 bridgehead atoms. The number of hydrogen-bond acceptors (Lipinski definition) is 4. The highest BCUT2D eigenvalue weighted by Gasteiger charge is 2.19. The molecule has 0 fully saturated rings. The van der Waals surface area contributed by atoms with E-state index in [1.165, 1.54) is 18.3 Å². The monoisotopic (exact) mass is 267 g/mol. The molecule has 0 aliphatic heterocycles. The fourth-order valence-corrected chi connectivity index (χ4v) is 2.46. The van der Waals surface area contributed by atoms with Crippen molar-refractivity contribution in [3.05, 3.63) is 48.4 Å². The predicted molar refractivity (Wildman–Crippen MR) is 65.9 cm³/mol. The molecule has 1 aromatic heterocycles. The number of aromatic nitrogens is 1. The topological polar surface area (TPSA) is 85.1 Å². The number of anilines is 2. The van der Waals surface area contributed by atoms with Crippen molar-refractivity contribution in [3.63, 3.8) is 0 Å². The number of hydrogen-bond donors (Lipinski definition) is 2. The third-order valence-electron chi connectivity index (χ3n) is 2.15. The van der Waals surface area contributed by atoms with E-state index in [0.717, 1.165) is 12.1 Å². The molecule has 2 rings (SSSR count). The quantitative estimate of drug-likeness (QED) is 0.827. The van der Waals surface area contributed by atoms with Gasteiger partial charge in [-0.15, -0.1) is 0 Å². The van der Waals surface area contributed by atoms with Crippen LogP contribution in [-0.4, -0.2) is 13.4 Å². The highest BCUT2D eigenvalue weighted by atomic mass is 32.2. The van der Waals surface area contributed by atoms with Crippen LogP contribution >= 0.6 is 0 Å². The molecule has 5 nitrogen and oxygen atoms in total. The molecule has 7 heteroatoms. The average molecular weight is 267 g/mol. The molecule has 0 unspecified atom stereocenters. The van der Waals surface area contributed by atoms with Gasteiger partial charge in [0, 0.05) is 11.9 Å². The van der Waals surface area contributed by atoms with Crippen LogP contribution in [0.15, 0.2) is 47.5 Å². The Hall–Kier alpha value is -2.15. The molecule has 0 amide bonds. The number of nitrogen functional groups attached to an aromatic ring is 1. The minimum Gasteiger partial charge on any atom is -0.399 e. The van der Waals surface area contributed by atoms with Crippen LogP contribution in [0.25, 0.3) is 0 Å². The number of sulfonamides is 1. The van der Waals surface area contributed by atoms with Crippen LogP contribution in [0.2, 0.25) is 0 Å². The van der Waals surface area contributed by atoms with E-state index in [4.69, 9.17) is 5.73 Å².